The standard InChI is InChI=1S/C16H21FN4O/c1-22-10-9-21-7-5-12(6-8-21)20-16-13-3-2-4-14(17)15(13)18-11-19-16/h2-4,11-12H,5-10H2,1H3,(H,18,19,20). The van der Waals surface area contributed by atoms with E-state index in [0.29, 0.717) is 11.6 Å². The zero-order chi connectivity index (χ0) is 15.4. The molecule has 0 amide bonds. The van der Waals surface area contributed by atoms with Crippen molar-refractivity contribution in [2.45, 2.75) is 18.9 Å². The molecule has 1 N–H and O–H groups in total. The van der Waals surface area contributed by atoms with Crippen molar-refractivity contribution in [3.8, 4) is 0 Å². The number of ether oxygens (including phenoxy) is 1. The number of nitrogens with zero attached hydrogens (tertiary/aromatic N) is 3. The Morgan fingerprint density at radius 2 is 2.14 bits per heavy atom. The molecule has 5 nitrogen and oxygen atoms in total. The minimum atomic E-state index is -0.308. The number of piperidine rings is 1. The smallest absolute Gasteiger partial charge is 0.149 e. The first-order valence-electron chi connectivity index (χ1n) is 7.65. The molecule has 1 aliphatic rings. The molecule has 3 rings (SSSR count). The molecule has 1 fully saturated rings. The van der Waals surface area contributed by atoms with E-state index >= 15 is 0 Å². The van der Waals surface area contributed by atoms with Crippen LogP contribution in [0.15, 0.2) is 24.5 Å². The van der Waals surface area contributed by atoms with Gasteiger partial charge in [0.1, 0.15) is 23.5 Å². The van der Waals surface area contributed by atoms with Gasteiger partial charge in [0.15, 0.2) is 0 Å². The van der Waals surface area contributed by atoms with Crippen LogP contribution in [0.3, 0.4) is 0 Å². The number of fused-ring (bicyclic) bond motifs is 1. The molecule has 0 saturated carbocycles. The Bertz CT molecular complexity index is 629. The predicted octanol–water partition coefficient (Wildman–Crippen LogP) is 2.29. The molecule has 1 aromatic carbocycles. The SMILES string of the molecule is COCCN1CCC(Nc2ncnc3c(F)cccc23)CC1. The summed E-state index contributed by atoms with van der Waals surface area (Å²) in [4.78, 5) is 10.7. The Hall–Kier alpha value is -1.79. The summed E-state index contributed by atoms with van der Waals surface area (Å²) in [6, 6.07) is 5.33. The Kier molecular flexibility index (Phi) is 4.80. The van der Waals surface area contributed by atoms with Crippen LogP contribution in [-0.4, -0.2) is 54.3 Å². The van der Waals surface area contributed by atoms with Crippen molar-refractivity contribution in [1.29, 1.82) is 0 Å². The predicted molar refractivity (Wildman–Crippen MR) is 84.5 cm³/mol. The molecule has 22 heavy (non-hydrogen) atoms. The number of rotatable bonds is 5. The van der Waals surface area contributed by atoms with E-state index in [2.05, 4.69) is 20.2 Å². The van der Waals surface area contributed by atoms with Crippen molar-refractivity contribution in [2.75, 3.05) is 38.7 Å². The van der Waals surface area contributed by atoms with E-state index in [1.807, 2.05) is 6.07 Å². The summed E-state index contributed by atoms with van der Waals surface area (Å²) < 4.78 is 18.9. The van der Waals surface area contributed by atoms with Crippen LogP contribution >= 0.6 is 0 Å². The second kappa shape index (κ2) is 6.98. The highest BCUT2D eigenvalue weighted by Crippen LogP contribution is 2.23. The van der Waals surface area contributed by atoms with Gasteiger partial charge in [-0.05, 0) is 25.0 Å². The van der Waals surface area contributed by atoms with Gasteiger partial charge in [0.05, 0.1) is 6.61 Å². The summed E-state index contributed by atoms with van der Waals surface area (Å²) in [6.45, 7) is 3.83. The van der Waals surface area contributed by atoms with Gasteiger partial charge in [-0.1, -0.05) is 6.07 Å². The second-order valence-electron chi connectivity index (χ2n) is 5.61. The number of aromatic nitrogens is 2. The fourth-order valence-corrected chi connectivity index (χ4v) is 2.88. The van der Waals surface area contributed by atoms with Crippen molar-refractivity contribution in [2.24, 2.45) is 0 Å². The molecule has 1 aliphatic heterocycles. The van der Waals surface area contributed by atoms with Crippen LogP contribution in [0.25, 0.3) is 10.9 Å². The first-order valence-corrected chi connectivity index (χ1v) is 7.65. The summed E-state index contributed by atoms with van der Waals surface area (Å²) in [5.41, 5.74) is 0.373. The average Bonchev–Trinajstić information content (AvgIpc) is 2.55. The van der Waals surface area contributed by atoms with Gasteiger partial charge in [-0.2, -0.15) is 0 Å². The number of benzene rings is 1. The van der Waals surface area contributed by atoms with Gasteiger partial charge in [-0.25, -0.2) is 14.4 Å². The molecule has 0 atom stereocenters. The van der Waals surface area contributed by atoms with E-state index < -0.39 is 0 Å². The zero-order valence-corrected chi connectivity index (χ0v) is 12.8. The highest BCUT2D eigenvalue weighted by Gasteiger charge is 2.20. The van der Waals surface area contributed by atoms with Crippen molar-refractivity contribution in [3.63, 3.8) is 0 Å². The van der Waals surface area contributed by atoms with Crippen LogP contribution in [0.4, 0.5) is 10.2 Å². The van der Waals surface area contributed by atoms with Gasteiger partial charge >= 0.3 is 0 Å². The van der Waals surface area contributed by atoms with Crippen LogP contribution in [0.5, 0.6) is 0 Å². The Morgan fingerprint density at radius 3 is 2.91 bits per heavy atom. The van der Waals surface area contributed by atoms with E-state index in [-0.39, 0.29) is 5.82 Å². The largest absolute Gasteiger partial charge is 0.383 e. The minimum absolute atomic E-state index is 0.308. The summed E-state index contributed by atoms with van der Waals surface area (Å²) in [5, 5.41) is 4.19. The molecule has 118 valence electrons. The molecular formula is C16H21FN4O. The van der Waals surface area contributed by atoms with Crippen molar-refractivity contribution in [3.05, 3.63) is 30.3 Å². The topological polar surface area (TPSA) is 50.3 Å². The zero-order valence-electron chi connectivity index (χ0n) is 12.8. The third-order valence-electron chi connectivity index (χ3n) is 4.16. The van der Waals surface area contributed by atoms with Gasteiger partial charge in [0, 0.05) is 38.2 Å². The second-order valence-corrected chi connectivity index (χ2v) is 5.61. The third-order valence-corrected chi connectivity index (χ3v) is 4.16. The van der Waals surface area contributed by atoms with E-state index in [1.54, 1.807) is 13.2 Å². The van der Waals surface area contributed by atoms with Crippen molar-refractivity contribution in [1.82, 2.24) is 14.9 Å². The first-order chi connectivity index (χ1) is 10.8. The van der Waals surface area contributed by atoms with Gasteiger partial charge < -0.3 is 15.0 Å². The number of likely N-dealkylation sites (tertiary alicyclic amines) is 1. The molecule has 0 radical (unpaired) electrons. The molecule has 1 saturated heterocycles. The molecule has 0 unspecified atom stereocenters. The number of halogens is 1. The van der Waals surface area contributed by atoms with Crippen LogP contribution in [0.1, 0.15) is 12.8 Å². The quantitative estimate of drug-likeness (QED) is 0.918. The molecule has 2 heterocycles. The molecule has 1 aromatic heterocycles. The Morgan fingerprint density at radius 1 is 1.32 bits per heavy atom. The van der Waals surface area contributed by atoms with E-state index in [1.165, 1.54) is 12.4 Å². The number of nitrogens with one attached hydrogen (secondary N) is 1. The molecule has 6 heteroatoms. The normalized spacial score (nSPS) is 17.0. The van der Waals surface area contributed by atoms with Crippen LogP contribution in [-0.2, 0) is 4.74 Å². The van der Waals surface area contributed by atoms with E-state index in [4.69, 9.17) is 4.74 Å². The van der Waals surface area contributed by atoms with Crippen molar-refractivity contribution >= 4 is 16.7 Å². The Labute approximate surface area is 129 Å². The van der Waals surface area contributed by atoms with E-state index in [9.17, 15) is 4.39 Å². The lowest BCUT2D eigenvalue weighted by Gasteiger charge is -2.32. The molecular weight excluding hydrogens is 283 g/mol. The van der Waals surface area contributed by atoms with Crippen LogP contribution in [0.2, 0.25) is 0 Å². The molecule has 0 aliphatic carbocycles. The highest BCUT2D eigenvalue weighted by atomic mass is 19.1. The lowest BCUT2D eigenvalue weighted by Crippen LogP contribution is -2.40. The lowest BCUT2D eigenvalue weighted by molar-refractivity contribution is 0.132. The maximum atomic E-state index is 13.8. The molecule has 0 spiro atoms. The summed E-state index contributed by atoms with van der Waals surface area (Å²) in [6.07, 6.45) is 3.51. The van der Waals surface area contributed by atoms with Crippen LogP contribution < -0.4 is 5.32 Å². The maximum absolute atomic E-state index is 13.8. The van der Waals surface area contributed by atoms with Gasteiger partial charge in [-0.15, -0.1) is 0 Å². The summed E-state index contributed by atoms with van der Waals surface area (Å²) >= 11 is 0. The Balaban J connectivity index is 1.66. The summed E-state index contributed by atoms with van der Waals surface area (Å²) in [5.74, 6) is 0.414. The average molecular weight is 304 g/mol. The van der Waals surface area contributed by atoms with Crippen molar-refractivity contribution < 1.29 is 9.13 Å². The van der Waals surface area contributed by atoms with E-state index in [0.717, 1.165) is 50.3 Å². The molecule has 2 aromatic rings. The number of anilines is 1. The van der Waals surface area contributed by atoms with Gasteiger partial charge in [0.2, 0.25) is 0 Å². The number of hydrogen-bond donors (Lipinski definition) is 1. The lowest BCUT2D eigenvalue weighted by atomic mass is 10.0. The fourth-order valence-electron chi connectivity index (χ4n) is 2.88. The number of para-hydroxylation sites is 1. The maximum Gasteiger partial charge on any atom is 0.149 e. The molecule has 0 bridgehead atoms. The number of hydrogen-bond acceptors (Lipinski definition) is 5. The monoisotopic (exact) mass is 304 g/mol. The summed E-state index contributed by atoms with van der Waals surface area (Å²) in [7, 11) is 1.73. The highest BCUT2D eigenvalue weighted by molar-refractivity contribution is 5.89. The van der Waals surface area contributed by atoms with Crippen LogP contribution in [0, 0.1) is 5.82 Å². The first kappa shape index (κ1) is 15.1. The van der Waals surface area contributed by atoms with Gasteiger partial charge in [-0.3, -0.25) is 0 Å². The number of methoxy groups -OCH3 is 1. The fraction of sp³-hybridized carbons (Fsp3) is 0.500. The third kappa shape index (κ3) is 3.34. The minimum Gasteiger partial charge on any atom is -0.383 e. The van der Waals surface area contributed by atoms with Gasteiger partial charge in [0.25, 0.3) is 0 Å².